The Morgan fingerprint density at radius 1 is 1.19 bits per heavy atom. The Kier molecular flexibility index (Phi) is 5.96. The number of rotatable bonds is 4. The Morgan fingerprint density at radius 2 is 1.88 bits per heavy atom. The minimum Gasteiger partial charge on any atom is -0.484 e. The normalized spacial score (nSPS) is 14.0. The van der Waals surface area contributed by atoms with E-state index in [9.17, 15) is 4.79 Å². The van der Waals surface area contributed by atoms with Gasteiger partial charge in [0.2, 0.25) is 0 Å². The summed E-state index contributed by atoms with van der Waals surface area (Å²) in [6.07, 6.45) is 0. The van der Waals surface area contributed by atoms with Gasteiger partial charge in [-0.1, -0.05) is 27.5 Å². The molecule has 0 radical (unpaired) electrons. The number of nitriles is 1. The van der Waals surface area contributed by atoms with Gasteiger partial charge in [0.25, 0.3) is 5.91 Å². The number of piperazine rings is 1. The summed E-state index contributed by atoms with van der Waals surface area (Å²) in [5.41, 5.74) is 0.213. The van der Waals surface area contributed by atoms with Gasteiger partial charge in [0.05, 0.1) is 5.02 Å². The van der Waals surface area contributed by atoms with Gasteiger partial charge in [0, 0.05) is 30.7 Å². The van der Waals surface area contributed by atoms with Crippen molar-refractivity contribution in [1.82, 2.24) is 9.88 Å². The van der Waals surface area contributed by atoms with Crippen molar-refractivity contribution in [2.45, 2.75) is 0 Å². The van der Waals surface area contributed by atoms with E-state index in [0.717, 1.165) is 4.47 Å². The predicted octanol–water partition coefficient (Wildman–Crippen LogP) is 3.10. The highest BCUT2D eigenvalue weighted by atomic mass is 79.9. The van der Waals surface area contributed by atoms with E-state index in [-0.39, 0.29) is 18.2 Å². The van der Waals surface area contributed by atoms with E-state index in [0.29, 0.717) is 42.8 Å². The molecule has 0 N–H and O–H groups in total. The number of anilines is 1. The third kappa shape index (κ3) is 4.45. The standard InChI is InChI=1S/C18H16BrClN4O2/c19-13-1-3-14(4-2-13)26-12-18(25)24-9-7-23(8-10-24)17-6-5-15(20)16(11-21)22-17/h1-6H,7-10,12H2. The molecular formula is C18H16BrClN4O2. The summed E-state index contributed by atoms with van der Waals surface area (Å²) in [6.45, 7) is 2.45. The van der Waals surface area contributed by atoms with Crippen LogP contribution in [0.3, 0.4) is 0 Å². The maximum atomic E-state index is 12.3. The summed E-state index contributed by atoms with van der Waals surface area (Å²) < 4.78 is 6.50. The molecule has 134 valence electrons. The molecule has 1 saturated heterocycles. The lowest BCUT2D eigenvalue weighted by Crippen LogP contribution is -2.50. The van der Waals surface area contributed by atoms with Gasteiger partial charge in [0.1, 0.15) is 17.6 Å². The monoisotopic (exact) mass is 434 g/mol. The number of carbonyl (C=O) groups excluding carboxylic acids is 1. The number of carbonyl (C=O) groups is 1. The lowest BCUT2D eigenvalue weighted by atomic mass is 10.3. The lowest BCUT2D eigenvalue weighted by Gasteiger charge is -2.35. The third-order valence-corrected chi connectivity index (χ3v) is 4.90. The number of hydrogen-bond donors (Lipinski definition) is 0. The summed E-state index contributed by atoms with van der Waals surface area (Å²) in [5.74, 6) is 1.31. The number of aromatic nitrogens is 1. The van der Waals surface area contributed by atoms with Crippen molar-refractivity contribution in [3.63, 3.8) is 0 Å². The van der Waals surface area contributed by atoms with Crippen LogP contribution in [0.4, 0.5) is 5.82 Å². The molecule has 0 atom stereocenters. The quantitative estimate of drug-likeness (QED) is 0.738. The summed E-state index contributed by atoms with van der Waals surface area (Å²) in [6, 6.07) is 12.8. The molecule has 1 aromatic carbocycles. The second-order valence-corrected chi connectivity index (χ2v) is 7.04. The highest BCUT2D eigenvalue weighted by Gasteiger charge is 2.22. The number of benzene rings is 1. The zero-order chi connectivity index (χ0) is 18.5. The molecule has 6 nitrogen and oxygen atoms in total. The fraction of sp³-hybridized carbons (Fsp3) is 0.278. The minimum absolute atomic E-state index is 0.0133. The van der Waals surface area contributed by atoms with Crippen molar-refractivity contribution in [3.05, 3.63) is 51.6 Å². The van der Waals surface area contributed by atoms with Crippen LogP contribution in [0.1, 0.15) is 5.69 Å². The molecule has 1 fully saturated rings. The largest absolute Gasteiger partial charge is 0.484 e. The third-order valence-electron chi connectivity index (χ3n) is 4.07. The molecule has 1 aromatic heterocycles. The van der Waals surface area contributed by atoms with Crippen LogP contribution in [0.2, 0.25) is 5.02 Å². The van der Waals surface area contributed by atoms with E-state index in [1.165, 1.54) is 0 Å². The number of pyridine rings is 1. The van der Waals surface area contributed by atoms with Crippen molar-refractivity contribution in [2.75, 3.05) is 37.7 Å². The van der Waals surface area contributed by atoms with Crippen LogP contribution in [0.15, 0.2) is 40.9 Å². The maximum Gasteiger partial charge on any atom is 0.260 e. The van der Waals surface area contributed by atoms with Gasteiger partial charge < -0.3 is 14.5 Å². The van der Waals surface area contributed by atoms with Gasteiger partial charge in [-0.15, -0.1) is 0 Å². The van der Waals surface area contributed by atoms with Gasteiger partial charge in [-0.05, 0) is 36.4 Å². The van der Waals surface area contributed by atoms with Crippen LogP contribution < -0.4 is 9.64 Å². The SMILES string of the molecule is N#Cc1nc(N2CCN(C(=O)COc3ccc(Br)cc3)CC2)ccc1Cl. The average molecular weight is 436 g/mol. The molecule has 1 aliphatic heterocycles. The summed E-state index contributed by atoms with van der Waals surface area (Å²) in [7, 11) is 0. The number of nitrogens with zero attached hydrogens (tertiary/aromatic N) is 4. The first-order valence-corrected chi connectivity index (χ1v) is 9.21. The van der Waals surface area contributed by atoms with E-state index in [1.54, 1.807) is 17.0 Å². The van der Waals surface area contributed by atoms with Crippen molar-refractivity contribution < 1.29 is 9.53 Å². The molecule has 26 heavy (non-hydrogen) atoms. The van der Waals surface area contributed by atoms with Gasteiger partial charge >= 0.3 is 0 Å². The Balaban J connectivity index is 1.52. The molecule has 8 heteroatoms. The molecule has 0 spiro atoms. The topological polar surface area (TPSA) is 69.5 Å². The van der Waals surface area contributed by atoms with Gasteiger partial charge in [-0.3, -0.25) is 4.79 Å². The first kappa shape index (κ1) is 18.5. The second kappa shape index (κ2) is 8.39. The summed E-state index contributed by atoms with van der Waals surface area (Å²) in [4.78, 5) is 20.4. The Bertz CT molecular complexity index is 830. The average Bonchev–Trinajstić information content (AvgIpc) is 2.68. The van der Waals surface area contributed by atoms with Crippen LogP contribution in [0, 0.1) is 11.3 Å². The fourth-order valence-electron chi connectivity index (χ4n) is 2.64. The van der Waals surface area contributed by atoms with Crippen molar-refractivity contribution >= 4 is 39.3 Å². The van der Waals surface area contributed by atoms with Crippen LogP contribution in [0.5, 0.6) is 5.75 Å². The molecule has 0 aliphatic carbocycles. The van der Waals surface area contributed by atoms with Crippen molar-refractivity contribution in [1.29, 1.82) is 5.26 Å². The van der Waals surface area contributed by atoms with E-state index < -0.39 is 0 Å². The van der Waals surface area contributed by atoms with E-state index in [1.807, 2.05) is 35.2 Å². The van der Waals surface area contributed by atoms with Crippen LogP contribution in [0.25, 0.3) is 0 Å². The summed E-state index contributed by atoms with van der Waals surface area (Å²) in [5, 5.41) is 9.38. The van der Waals surface area contributed by atoms with E-state index in [2.05, 4.69) is 20.9 Å². The molecule has 1 amide bonds. The Hall–Kier alpha value is -2.30. The highest BCUT2D eigenvalue weighted by molar-refractivity contribution is 9.10. The molecule has 0 bridgehead atoms. The van der Waals surface area contributed by atoms with Crippen LogP contribution >= 0.6 is 27.5 Å². The van der Waals surface area contributed by atoms with Crippen LogP contribution in [-0.4, -0.2) is 48.6 Å². The molecule has 2 heterocycles. The second-order valence-electron chi connectivity index (χ2n) is 5.72. The number of ether oxygens (including phenoxy) is 1. The zero-order valence-electron chi connectivity index (χ0n) is 13.9. The van der Waals surface area contributed by atoms with Crippen molar-refractivity contribution in [2.24, 2.45) is 0 Å². The minimum atomic E-state index is -0.0469. The number of amides is 1. The molecular weight excluding hydrogens is 420 g/mol. The molecule has 1 aliphatic rings. The lowest BCUT2D eigenvalue weighted by molar-refractivity contribution is -0.133. The molecule has 3 rings (SSSR count). The summed E-state index contributed by atoms with van der Waals surface area (Å²) >= 11 is 9.28. The predicted molar refractivity (Wildman–Crippen MR) is 102 cm³/mol. The molecule has 0 saturated carbocycles. The number of hydrogen-bond acceptors (Lipinski definition) is 5. The van der Waals surface area contributed by atoms with Crippen molar-refractivity contribution in [3.8, 4) is 11.8 Å². The molecule has 2 aromatic rings. The van der Waals surface area contributed by atoms with Gasteiger partial charge in [-0.25, -0.2) is 4.98 Å². The zero-order valence-corrected chi connectivity index (χ0v) is 16.2. The Labute approximate surface area is 165 Å². The first-order valence-electron chi connectivity index (χ1n) is 8.04. The smallest absolute Gasteiger partial charge is 0.260 e. The van der Waals surface area contributed by atoms with Gasteiger partial charge in [0.15, 0.2) is 12.3 Å². The van der Waals surface area contributed by atoms with E-state index >= 15 is 0 Å². The first-order chi connectivity index (χ1) is 12.6. The van der Waals surface area contributed by atoms with Gasteiger partial charge in [-0.2, -0.15) is 5.26 Å². The molecule has 0 unspecified atom stereocenters. The van der Waals surface area contributed by atoms with Crippen LogP contribution in [-0.2, 0) is 4.79 Å². The fourth-order valence-corrected chi connectivity index (χ4v) is 3.05. The Morgan fingerprint density at radius 3 is 2.54 bits per heavy atom. The van der Waals surface area contributed by atoms with E-state index in [4.69, 9.17) is 21.6 Å². The highest BCUT2D eigenvalue weighted by Crippen LogP contribution is 2.20. The number of halogens is 2. The maximum absolute atomic E-state index is 12.3.